The van der Waals surface area contributed by atoms with Gasteiger partial charge in [-0.2, -0.15) is 5.10 Å². The first-order valence-corrected chi connectivity index (χ1v) is 8.23. The molecular weight excluding hydrogens is 318 g/mol. The van der Waals surface area contributed by atoms with Gasteiger partial charge in [0.1, 0.15) is 18.5 Å². The van der Waals surface area contributed by atoms with Crippen molar-refractivity contribution >= 4 is 5.91 Å². The topological polar surface area (TPSA) is 81.7 Å². The second-order valence-corrected chi connectivity index (χ2v) is 6.35. The van der Waals surface area contributed by atoms with Gasteiger partial charge in [-0.25, -0.2) is 9.97 Å². The van der Waals surface area contributed by atoms with E-state index in [1.54, 1.807) is 18.7 Å². The summed E-state index contributed by atoms with van der Waals surface area (Å²) in [6, 6.07) is 3.69. The van der Waals surface area contributed by atoms with E-state index in [1.165, 1.54) is 6.33 Å². The molecule has 1 aliphatic heterocycles. The number of fused-ring (bicyclic) bond motifs is 1. The Morgan fingerprint density at radius 3 is 2.96 bits per heavy atom. The van der Waals surface area contributed by atoms with Crippen LogP contribution < -0.4 is 0 Å². The molecule has 0 aliphatic carbocycles. The summed E-state index contributed by atoms with van der Waals surface area (Å²) < 4.78 is 3.92. The third-order valence-electron chi connectivity index (χ3n) is 4.42. The fourth-order valence-corrected chi connectivity index (χ4v) is 3.18. The second-order valence-electron chi connectivity index (χ2n) is 6.35. The van der Waals surface area contributed by atoms with Crippen molar-refractivity contribution in [2.75, 3.05) is 6.54 Å². The molecule has 3 aromatic rings. The highest BCUT2D eigenvalue weighted by Gasteiger charge is 2.27. The van der Waals surface area contributed by atoms with Crippen LogP contribution in [0.5, 0.6) is 0 Å². The van der Waals surface area contributed by atoms with Crippen LogP contribution in [0.3, 0.4) is 0 Å². The molecule has 1 atom stereocenters. The fraction of sp³-hybridized carbons (Fsp3) is 0.353. The largest absolute Gasteiger partial charge is 0.333 e. The van der Waals surface area contributed by atoms with Gasteiger partial charge >= 0.3 is 0 Å². The highest BCUT2D eigenvalue weighted by Crippen LogP contribution is 2.19. The molecule has 4 heterocycles. The zero-order chi connectivity index (χ0) is 17.2. The lowest BCUT2D eigenvalue weighted by molar-refractivity contribution is 0.0712. The van der Waals surface area contributed by atoms with Gasteiger partial charge in [0.15, 0.2) is 0 Å². The normalized spacial score (nSPS) is 17.2. The molecule has 25 heavy (non-hydrogen) atoms. The Balaban J connectivity index is 1.60. The monoisotopic (exact) mass is 337 g/mol. The molecular formula is C17H19N7O. The van der Waals surface area contributed by atoms with Crippen LogP contribution in [0.4, 0.5) is 0 Å². The smallest absolute Gasteiger partial charge is 0.255 e. The summed E-state index contributed by atoms with van der Waals surface area (Å²) in [6.45, 7) is 4.54. The summed E-state index contributed by atoms with van der Waals surface area (Å²) in [6.07, 6.45) is 8.62. The molecule has 0 saturated heterocycles. The zero-order valence-corrected chi connectivity index (χ0v) is 14.0. The third-order valence-corrected chi connectivity index (χ3v) is 4.42. The van der Waals surface area contributed by atoms with Gasteiger partial charge in [0.25, 0.3) is 5.91 Å². The molecule has 0 radical (unpaired) electrons. The van der Waals surface area contributed by atoms with E-state index in [2.05, 4.69) is 24.6 Å². The Morgan fingerprint density at radius 1 is 1.28 bits per heavy atom. The van der Waals surface area contributed by atoms with Crippen LogP contribution in [0, 0.1) is 12.8 Å². The van der Waals surface area contributed by atoms with Crippen molar-refractivity contribution in [2.24, 2.45) is 5.92 Å². The van der Waals surface area contributed by atoms with Crippen LogP contribution in [0.25, 0.3) is 0 Å². The van der Waals surface area contributed by atoms with Crippen LogP contribution in [-0.2, 0) is 19.6 Å². The van der Waals surface area contributed by atoms with Crippen LogP contribution in [0.15, 0.2) is 43.4 Å². The number of rotatable bonds is 3. The predicted octanol–water partition coefficient (Wildman–Crippen LogP) is 1.15. The quantitative estimate of drug-likeness (QED) is 0.716. The van der Waals surface area contributed by atoms with Crippen molar-refractivity contribution in [1.82, 2.24) is 34.2 Å². The summed E-state index contributed by atoms with van der Waals surface area (Å²) in [4.78, 5) is 27.5. The molecule has 0 spiro atoms. The Morgan fingerprint density at radius 2 is 2.20 bits per heavy atom. The predicted molar refractivity (Wildman–Crippen MR) is 89.5 cm³/mol. The number of amides is 1. The number of pyridine rings is 1. The number of aryl methyl sites for hydroxylation is 1. The van der Waals surface area contributed by atoms with E-state index in [-0.39, 0.29) is 11.8 Å². The van der Waals surface area contributed by atoms with E-state index in [0.717, 1.165) is 18.1 Å². The Labute approximate surface area is 145 Å². The summed E-state index contributed by atoms with van der Waals surface area (Å²) in [7, 11) is 0. The zero-order valence-electron chi connectivity index (χ0n) is 14.0. The lowest BCUT2D eigenvalue weighted by Crippen LogP contribution is -2.35. The van der Waals surface area contributed by atoms with Crippen LogP contribution in [0.2, 0.25) is 0 Å². The maximum Gasteiger partial charge on any atom is 0.255 e. The molecule has 1 aliphatic rings. The first-order chi connectivity index (χ1) is 12.2. The molecule has 128 valence electrons. The summed E-state index contributed by atoms with van der Waals surface area (Å²) in [5, 5.41) is 4.19. The minimum Gasteiger partial charge on any atom is -0.333 e. The standard InChI is InChI=1S/C17H19N7O/c1-13-2-3-15(6-20-13)17(25)23-8-14(9-24-12-18-11-21-24)7-22-5-4-19-16(22)10-23/h2-6,11-12,14H,7-10H2,1H3/t14-/m0/s1. The van der Waals surface area contributed by atoms with Gasteiger partial charge < -0.3 is 9.47 Å². The van der Waals surface area contributed by atoms with E-state index in [4.69, 9.17) is 0 Å². The summed E-state index contributed by atoms with van der Waals surface area (Å²) >= 11 is 0. The number of hydrogen-bond donors (Lipinski definition) is 0. The second kappa shape index (κ2) is 6.46. The maximum atomic E-state index is 13.0. The summed E-state index contributed by atoms with van der Waals surface area (Å²) in [5.74, 6) is 1.10. The third kappa shape index (κ3) is 3.28. The molecule has 8 heteroatoms. The van der Waals surface area contributed by atoms with E-state index >= 15 is 0 Å². The van der Waals surface area contributed by atoms with Gasteiger partial charge in [0.05, 0.1) is 12.1 Å². The molecule has 3 aromatic heterocycles. The average molecular weight is 337 g/mol. The average Bonchev–Trinajstić information content (AvgIpc) is 3.24. The Hall–Kier alpha value is -3.03. The van der Waals surface area contributed by atoms with E-state index in [9.17, 15) is 4.79 Å². The van der Waals surface area contributed by atoms with Crippen LogP contribution in [-0.4, -0.2) is 46.7 Å². The van der Waals surface area contributed by atoms with Crippen LogP contribution in [0.1, 0.15) is 21.9 Å². The van der Waals surface area contributed by atoms with Crippen molar-refractivity contribution in [3.8, 4) is 0 Å². The summed E-state index contributed by atoms with van der Waals surface area (Å²) in [5.41, 5.74) is 1.50. The molecule has 0 N–H and O–H groups in total. The molecule has 8 nitrogen and oxygen atoms in total. The number of carbonyl (C=O) groups is 1. The molecule has 0 bridgehead atoms. The van der Waals surface area contributed by atoms with Crippen LogP contribution >= 0.6 is 0 Å². The molecule has 0 unspecified atom stereocenters. The van der Waals surface area contributed by atoms with Crippen molar-refractivity contribution in [1.29, 1.82) is 0 Å². The van der Waals surface area contributed by atoms with Gasteiger partial charge in [-0.3, -0.25) is 14.5 Å². The lowest BCUT2D eigenvalue weighted by atomic mass is 10.1. The lowest BCUT2D eigenvalue weighted by Gasteiger charge is -2.24. The van der Waals surface area contributed by atoms with E-state index in [1.807, 2.05) is 34.8 Å². The molecule has 0 fully saturated rings. The number of imidazole rings is 1. The number of carbonyl (C=O) groups excluding carboxylic acids is 1. The minimum atomic E-state index is -0.0208. The fourth-order valence-electron chi connectivity index (χ4n) is 3.18. The molecule has 1 amide bonds. The van der Waals surface area contributed by atoms with Gasteiger partial charge in [-0.1, -0.05) is 0 Å². The first-order valence-electron chi connectivity index (χ1n) is 8.23. The highest BCUT2D eigenvalue weighted by molar-refractivity contribution is 5.93. The SMILES string of the molecule is Cc1ccc(C(=O)N2Cc3nccn3C[C@H](Cn3cncn3)C2)cn1. The maximum absolute atomic E-state index is 13.0. The van der Waals surface area contributed by atoms with E-state index in [0.29, 0.717) is 25.2 Å². The Bertz CT molecular complexity index is 854. The van der Waals surface area contributed by atoms with Crippen molar-refractivity contribution < 1.29 is 4.79 Å². The van der Waals surface area contributed by atoms with E-state index < -0.39 is 0 Å². The number of hydrogen-bond acceptors (Lipinski definition) is 5. The van der Waals surface area contributed by atoms with Gasteiger partial charge in [-0.05, 0) is 19.1 Å². The van der Waals surface area contributed by atoms with Crippen molar-refractivity contribution in [2.45, 2.75) is 26.6 Å². The first kappa shape index (κ1) is 15.5. The van der Waals surface area contributed by atoms with Gasteiger partial charge in [0.2, 0.25) is 0 Å². The number of nitrogens with zero attached hydrogens (tertiary/aromatic N) is 7. The molecule has 0 saturated carbocycles. The molecule has 4 rings (SSSR count). The van der Waals surface area contributed by atoms with Gasteiger partial charge in [0, 0.05) is 49.8 Å². The molecule has 0 aromatic carbocycles. The Kier molecular flexibility index (Phi) is 4.01. The van der Waals surface area contributed by atoms with Gasteiger partial charge in [-0.15, -0.1) is 0 Å². The van der Waals surface area contributed by atoms with Crippen molar-refractivity contribution in [3.63, 3.8) is 0 Å². The van der Waals surface area contributed by atoms with Crippen molar-refractivity contribution in [3.05, 3.63) is 60.5 Å². The number of aromatic nitrogens is 6. The minimum absolute atomic E-state index is 0.0208. The highest BCUT2D eigenvalue weighted by atomic mass is 16.2.